The van der Waals surface area contributed by atoms with Crippen LogP contribution in [0.4, 0.5) is 17.6 Å². The molecule has 2 rings (SSSR count). The molecule has 0 aliphatic heterocycles. The third kappa shape index (κ3) is 4.66. The molecule has 6 heteroatoms. The van der Waals surface area contributed by atoms with E-state index in [1.54, 1.807) is 12.1 Å². The van der Waals surface area contributed by atoms with Crippen molar-refractivity contribution in [2.75, 3.05) is 12.9 Å². The Hall–Kier alpha value is -1.17. The number of hydrogen-bond donors (Lipinski definition) is 0. The third-order valence-corrected chi connectivity index (χ3v) is 4.69. The van der Waals surface area contributed by atoms with E-state index in [0.29, 0.717) is 5.92 Å². The van der Waals surface area contributed by atoms with Crippen LogP contribution in [0.15, 0.2) is 30.3 Å². The van der Waals surface area contributed by atoms with Gasteiger partial charge < -0.3 is 4.74 Å². The summed E-state index contributed by atoms with van der Waals surface area (Å²) in [6.07, 6.45) is 4.68. The lowest BCUT2D eigenvalue weighted by molar-refractivity contribution is -0.148. The maximum Gasteiger partial charge on any atom is 0.340 e. The Balaban J connectivity index is 1.89. The van der Waals surface area contributed by atoms with E-state index < -0.39 is 19.0 Å². The molecule has 1 aromatic rings. The van der Waals surface area contributed by atoms with Crippen molar-refractivity contribution in [1.29, 1.82) is 0 Å². The van der Waals surface area contributed by atoms with Gasteiger partial charge in [0.05, 0.1) is 0 Å². The topological polar surface area (TPSA) is 9.23 Å². The fraction of sp³-hybridized carbons (Fsp3) is 0.500. The average Bonchev–Trinajstić information content (AvgIpc) is 2.44. The first-order chi connectivity index (χ1) is 10.4. The number of ether oxygens (including phenoxy) is 1. The Labute approximate surface area is 131 Å². The maximum atomic E-state index is 12.8. The first-order valence-corrected chi connectivity index (χ1v) is 8.29. The molecule has 0 N–H and O–H groups in total. The van der Waals surface area contributed by atoms with Crippen LogP contribution in [0, 0.1) is 5.92 Å². The van der Waals surface area contributed by atoms with Crippen LogP contribution >= 0.6 is 11.8 Å². The van der Waals surface area contributed by atoms with E-state index in [1.165, 1.54) is 6.07 Å². The van der Waals surface area contributed by atoms with Gasteiger partial charge in [0.15, 0.2) is 6.61 Å². The second-order valence-electron chi connectivity index (χ2n) is 5.37. The molecule has 1 fully saturated rings. The van der Waals surface area contributed by atoms with Crippen LogP contribution in [0.1, 0.15) is 18.4 Å². The number of benzene rings is 1. The van der Waals surface area contributed by atoms with Gasteiger partial charge in [0, 0.05) is 5.25 Å². The quantitative estimate of drug-likeness (QED) is 0.640. The second kappa shape index (κ2) is 7.40. The summed E-state index contributed by atoms with van der Waals surface area (Å²) >= 11 is 1.86. The van der Waals surface area contributed by atoms with Crippen molar-refractivity contribution in [3.63, 3.8) is 0 Å². The Kier molecular flexibility index (Phi) is 5.78. The van der Waals surface area contributed by atoms with Gasteiger partial charge in [-0.1, -0.05) is 24.3 Å². The molecule has 0 bridgehead atoms. The third-order valence-electron chi connectivity index (χ3n) is 3.63. The number of rotatable bonds is 7. The van der Waals surface area contributed by atoms with Crippen LogP contribution in [0.5, 0.6) is 5.75 Å². The van der Waals surface area contributed by atoms with E-state index in [4.69, 9.17) is 4.74 Å². The Morgan fingerprint density at radius 1 is 1.36 bits per heavy atom. The summed E-state index contributed by atoms with van der Waals surface area (Å²) in [6.45, 7) is -1.32. The van der Waals surface area contributed by atoms with E-state index >= 15 is 0 Å². The van der Waals surface area contributed by atoms with Crippen molar-refractivity contribution in [2.24, 2.45) is 5.92 Å². The van der Waals surface area contributed by atoms with Crippen molar-refractivity contribution >= 4 is 17.8 Å². The number of alkyl halides is 4. The second-order valence-corrected chi connectivity index (χ2v) is 6.51. The number of hydrogen-bond acceptors (Lipinski definition) is 2. The lowest BCUT2D eigenvalue weighted by atomic mass is 9.84. The van der Waals surface area contributed by atoms with Crippen molar-refractivity contribution < 1.29 is 22.3 Å². The predicted molar refractivity (Wildman–Crippen MR) is 81.9 cm³/mol. The van der Waals surface area contributed by atoms with E-state index in [0.717, 1.165) is 23.7 Å². The molecule has 0 radical (unpaired) electrons. The predicted octanol–water partition coefficient (Wildman–Crippen LogP) is 5.12. The minimum atomic E-state index is -4.13. The van der Waals surface area contributed by atoms with Crippen molar-refractivity contribution in [2.45, 2.75) is 30.4 Å². The fourth-order valence-electron chi connectivity index (χ4n) is 2.15. The minimum absolute atomic E-state index is 0.165. The van der Waals surface area contributed by atoms with Gasteiger partial charge in [-0.05, 0) is 42.7 Å². The van der Waals surface area contributed by atoms with E-state index in [9.17, 15) is 17.6 Å². The van der Waals surface area contributed by atoms with Crippen molar-refractivity contribution in [3.8, 4) is 5.75 Å². The summed E-state index contributed by atoms with van der Waals surface area (Å²) in [5, 5.41) is 0.723. The van der Waals surface area contributed by atoms with Crippen LogP contribution in [-0.4, -0.2) is 30.5 Å². The van der Waals surface area contributed by atoms with Gasteiger partial charge in [0.1, 0.15) is 5.75 Å². The Bertz CT molecular complexity index is 513. The Morgan fingerprint density at radius 2 is 2.09 bits per heavy atom. The van der Waals surface area contributed by atoms with Crippen molar-refractivity contribution in [1.82, 2.24) is 0 Å². The van der Waals surface area contributed by atoms with Gasteiger partial charge in [-0.25, -0.2) is 8.78 Å². The van der Waals surface area contributed by atoms with Crippen LogP contribution in [0.2, 0.25) is 0 Å². The average molecular weight is 334 g/mol. The molecule has 0 aromatic heterocycles. The van der Waals surface area contributed by atoms with Gasteiger partial charge in [-0.2, -0.15) is 20.5 Å². The monoisotopic (exact) mass is 334 g/mol. The molecule has 0 unspecified atom stereocenters. The fourth-order valence-corrected chi connectivity index (χ4v) is 3.03. The minimum Gasteiger partial charge on any atom is -0.487 e. The number of halogens is 4. The lowest BCUT2D eigenvalue weighted by Gasteiger charge is -2.31. The summed E-state index contributed by atoms with van der Waals surface area (Å²) in [4.78, 5) is 0. The summed E-state index contributed by atoms with van der Waals surface area (Å²) in [7, 11) is 0. The highest BCUT2D eigenvalue weighted by Crippen LogP contribution is 2.36. The molecule has 1 aliphatic rings. The zero-order valence-corrected chi connectivity index (χ0v) is 13.0. The molecule has 1 saturated carbocycles. The van der Waals surface area contributed by atoms with E-state index in [2.05, 4.69) is 12.3 Å². The first-order valence-electron chi connectivity index (χ1n) is 7.00. The van der Waals surface area contributed by atoms with Crippen LogP contribution < -0.4 is 4.74 Å². The molecular weight excluding hydrogens is 316 g/mol. The highest BCUT2D eigenvalue weighted by Gasteiger charge is 2.41. The molecule has 122 valence electrons. The summed E-state index contributed by atoms with van der Waals surface area (Å²) in [5.41, 5.74) is 0.811. The van der Waals surface area contributed by atoms with Gasteiger partial charge in [-0.3, -0.25) is 0 Å². The molecule has 1 nitrogen and oxygen atoms in total. The summed E-state index contributed by atoms with van der Waals surface area (Å²) in [5.74, 6) is -3.42. The molecule has 0 amide bonds. The zero-order chi connectivity index (χ0) is 16.2. The van der Waals surface area contributed by atoms with Gasteiger partial charge in [-0.15, -0.1) is 0 Å². The molecule has 22 heavy (non-hydrogen) atoms. The van der Waals surface area contributed by atoms with Gasteiger partial charge in [0.2, 0.25) is 0 Å². The van der Waals surface area contributed by atoms with Crippen molar-refractivity contribution in [3.05, 3.63) is 35.9 Å². The van der Waals surface area contributed by atoms with Crippen LogP contribution in [-0.2, 0) is 0 Å². The molecule has 1 aliphatic carbocycles. The molecule has 0 atom stereocenters. The molecule has 0 heterocycles. The SMILES string of the molecule is CSC1CC(/C=C/c2cccc(OCC(F)(F)C(F)F)c2)C1. The molecular formula is C16H18F4OS. The van der Waals surface area contributed by atoms with Crippen LogP contribution in [0.3, 0.4) is 0 Å². The number of allylic oxidation sites excluding steroid dienone is 1. The molecule has 0 spiro atoms. The van der Waals surface area contributed by atoms with E-state index in [-0.39, 0.29) is 5.75 Å². The van der Waals surface area contributed by atoms with Gasteiger partial charge in [0.25, 0.3) is 0 Å². The standard InChI is InChI=1S/C16H18F4OS/c1-22-14-8-12(9-14)6-5-11-3-2-4-13(7-11)21-10-16(19,20)15(17)18/h2-7,12,14-15H,8-10H2,1H3/b6-5+. The highest BCUT2D eigenvalue weighted by atomic mass is 32.2. The van der Waals surface area contributed by atoms with E-state index in [1.807, 2.05) is 23.9 Å². The van der Waals surface area contributed by atoms with Gasteiger partial charge >= 0.3 is 12.3 Å². The normalized spacial score (nSPS) is 22.1. The highest BCUT2D eigenvalue weighted by molar-refractivity contribution is 7.99. The smallest absolute Gasteiger partial charge is 0.340 e. The Morgan fingerprint density at radius 3 is 2.73 bits per heavy atom. The molecule has 1 aromatic carbocycles. The summed E-state index contributed by atoms with van der Waals surface area (Å²) < 4.78 is 54.6. The molecule has 0 saturated heterocycles. The summed E-state index contributed by atoms with van der Waals surface area (Å²) in [6, 6.07) is 6.52. The maximum absolute atomic E-state index is 12.8. The zero-order valence-electron chi connectivity index (χ0n) is 12.1. The number of thioether (sulfide) groups is 1. The lowest BCUT2D eigenvalue weighted by Crippen LogP contribution is -2.33. The van der Waals surface area contributed by atoms with Crippen LogP contribution in [0.25, 0.3) is 6.08 Å². The first kappa shape index (κ1) is 17.2. The largest absolute Gasteiger partial charge is 0.487 e.